The molecule has 0 aliphatic rings. The van der Waals surface area contributed by atoms with E-state index in [9.17, 15) is 0 Å². The summed E-state index contributed by atoms with van der Waals surface area (Å²) in [6.45, 7) is 0. The zero-order valence-electron chi connectivity index (χ0n) is 28.6. The van der Waals surface area contributed by atoms with Gasteiger partial charge in [-0.15, -0.1) is 0 Å². The van der Waals surface area contributed by atoms with Crippen LogP contribution in [0, 0.1) is 0 Å². The van der Waals surface area contributed by atoms with Crippen molar-refractivity contribution in [2.45, 2.75) is 64.4 Å². The van der Waals surface area contributed by atoms with Gasteiger partial charge in [0, 0.05) is 14.2 Å². The minimum Gasteiger partial charge on any atom is -0.400 e. The Kier molecular flexibility index (Phi) is 245. The Bertz CT molecular complexity index is 313. The van der Waals surface area contributed by atoms with Gasteiger partial charge < -0.3 is 10.2 Å². The lowest BCUT2D eigenvalue weighted by atomic mass is 11.8. The van der Waals surface area contributed by atoms with Crippen molar-refractivity contribution in [1.29, 1.82) is 0 Å². The molecule has 0 radical (unpaired) electrons. The fraction of sp³-hybridized carbons (Fsp3) is 1.00. The first-order chi connectivity index (χ1) is 28.0. The average Bonchev–Trinajstić information content (AvgIpc) is 2.90. The number of halogens is 45. The second kappa shape index (κ2) is 127. The molecule has 0 unspecified atom stereocenters. The molecule has 418 valence electrons. The Morgan fingerprint density at radius 3 is 0.109 bits per heavy atom. The smallest absolute Gasteiger partial charge is 0.180 e. The first kappa shape index (κ1) is 124. The normalized spacial score (nSPS) is 8.62. The third kappa shape index (κ3) is 2440. The Morgan fingerprint density at radius 1 is 0.109 bits per heavy atom. The van der Waals surface area contributed by atoms with Crippen molar-refractivity contribution >= 4 is 522 Å². The van der Waals surface area contributed by atoms with Crippen molar-refractivity contribution < 1.29 is 10.2 Å². The van der Waals surface area contributed by atoms with Crippen molar-refractivity contribution in [3.05, 3.63) is 0 Å². The maximum Gasteiger partial charge on any atom is 0.180 e. The number of aliphatic hydroxyl groups excluding tert-OH is 2. The molecule has 2 nitrogen and oxygen atoms in total. The van der Waals surface area contributed by atoms with Gasteiger partial charge in [-0.1, -0.05) is 522 Å². The molecule has 0 aromatic carbocycles. The Hall–Kier alpha value is 13.0. The minimum atomic E-state index is -0.750. The molecule has 0 saturated heterocycles. The van der Waals surface area contributed by atoms with E-state index in [1.807, 2.05) is 0 Å². The van der Waals surface area contributed by atoms with Crippen LogP contribution in [0.25, 0.3) is 0 Å². The highest BCUT2D eigenvalue weighted by atomic mass is 35.6. The molecule has 2 N–H and O–H groups in total. The summed E-state index contributed by atoms with van der Waals surface area (Å²) in [4.78, 5) is 0. The highest BCUT2D eigenvalue weighted by Crippen LogP contribution is 2.09. The van der Waals surface area contributed by atoms with Gasteiger partial charge in [-0.25, -0.2) is 0 Å². The van der Waals surface area contributed by atoms with E-state index in [4.69, 9.17) is 532 Å². The van der Waals surface area contributed by atoms with Gasteiger partial charge in [-0.05, 0) is 0 Å². The van der Waals surface area contributed by atoms with Gasteiger partial charge in [-0.3, -0.25) is 0 Å². The minimum absolute atomic E-state index is 0.750. The summed E-state index contributed by atoms with van der Waals surface area (Å²) in [6.07, 6.45) is 0. The monoisotopic (exact) mass is 1830 g/mol. The van der Waals surface area contributed by atoms with Crippen LogP contribution in [-0.2, 0) is 0 Å². The van der Waals surface area contributed by atoms with E-state index >= 15 is 0 Å². The topological polar surface area (TPSA) is 40.5 Å². The quantitative estimate of drug-likeness (QED) is 0.237. The predicted molar refractivity (Wildman–Crippen MR) is 336 cm³/mol. The number of hydrogen-bond acceptors (Lipinski definition) is 2. The fourth-order valence-corrected chi connectivity index (χ4v) is 0. The summed E-state index contributed by atoms with van der Waals surface area (Å²) in [5, 5.41) is 14.0. The van der Waals surface area contributed by atoms with Crippen molar-refractivity contribution in [3.63, 3.8) is 0 Å². The third-order valence-corrected chi connectivity index (χ3v) is 0. The van der Waals surface area contributed by atoms with Gasteiger partial charge in [0.1, 0.15) is 0 Å². The molecular weight excluding hydrogens is 1830 g/mol. The standard InChI is InChI=1S/15CHCl3.2CH4O/c15*2-1(3)4;2*1-2/h15*1H;2*2H,1H3. The van der Waals surface area contributed by atoms with Gasteiger partial charge in [0.15, 0.2) is 64.4 Å². The maximum atomic E-state index is 7.00. The number of hydrogen-bond donors (Lipinski definition) is 2. The van der Waals surface area contributed by atoms with Crippen molar-refractivity contribution in [2.24, 2.45) is 0 Å². The summed E-state index contributed by atoms with van der Waals surface area (Å²) < 4.78 is -11.2. The molecule has 0 bridgehead atoms. The van der Waals surface area contributed by atoms with Crippen LogP contribution < -0.4 is 0 Å². The molecule has 47 heteroatoms. The number of aliphatic hydroxyl groups is 2. The van der Waals surface area contributed by atoms with Crippen LogP contribution in [0.5, 0.6) is 0 Å². The van der Waals surface area contributed by atoms with Crippen LogP contribution in [0.1, 0.15) is 0 Å². The molecule has 0 aliphatic heterocycles. The summed E-state index contributed by atoms with van der Waals surface area (Å²) in [5.74, 6) is 0. The van der Waals surface area contributed by atoms with Crippen LogP contribution in [0.2, 0.25) is 0 Å². The molecule has 0 aromatic heterocycles. The van der Waals surface area contributed by atoms with E-state index in [1.165, 1.54) is 0 Å². The summed E-state index contributed by atoms with van der Waals surface area (Å²) >= 11 is 216. The van der Waals surface area contributed by atoms with Gasteiger partial charge in [-0.2, -0.15) is 0 Å². The molecule has 0 atom stereocenters. The van der Waals surface area contributed by atoms with E-state index < -0.39 is 64.4 Å². The molecule has 0 saturated carbocycles. The zero-order chi connectivity index (χ0) is 57.7. The van der Waals surface area contributed by atoms with Crippen LogP contribution >= 0.6 is 522 Å². The van der Waals surface area contributed by atoms with Gasteiger partial charge in [0.2, 0.25) is 0 Å². The Morgan fingerprint density at radius 2 is 0.109 bits per heavy atom. The van der Waals surface area contributed by atoms with Crippen LogP contribution in [0.3, 0.4) is 0 Å². The molecule has 0 amide bonds. The first-order valence-electron chi connectivity index (χ1n) is 10.7. The summed E-state index contributed by atoms with van der Waals surface area (Å²) in [7, 11) is 2.00. The van der Waals surface area contributed by atoms with E-state index in [0.29, 0.717) is 0 Å². The molecular formula is C17H23Cl45O2. The molecule has 0 heterocycles. The van der Waals surface area contributed by atoms with Gasteiger partial charge >= 0.3 is 0 Å². The van der Waals surface area contributed by atoms with E-state index in [-0.39, 0.29) is 0 Å². The van der Waals surface area contributed by atoms with Gasteiger partial charge in [0.25, 0.3) is 0 Å². The van der Waals surface area contributed by atoms with Gasteiger partial charge in [0.05, 0.1) is 0 Å². The first-order valence-corrected chi connectivity index (χ1v) is 30.4. The maximum absolute atomic E-state index is 7.00. The second-order valence-electron chi connectivity index (χ2n) is 3.71. The average molecular weight is 1850 g/mol. The lowest BCUT2D eigenvalue weighted by molar-refractivity contribution is 0.399. The largest absolute Gasteiger partial charge is 0.400 e. The molecule has 0 rings (SSSR count). The second-order valence-corrected chi connectivity index (χ2v) is 33.4. The Balaban J connectivity index is -0.0000000245. The molecule has 64 heavy (non-hydrogen) atoms. The third-order valence-electron chi connectivity index (χ3n) is 0. The molecule has 0 aliphatic carbocycles. The Labute approximate surface area is 600 Å². The molecule has 0 fully saturated rings. The van der Waals surface area contributed by atoms with Crippen molar-refractivity contribution in [2.75, 3.05) is 14.2 Å². The summed E-state index contributed by atoms with van der Waals surface area (Å²) in [6, 6.07) is 0. The van der Waals surface area contributed by atoms with Crippen molar-refractivity contribution in [1.82, 2.24) is 0 Å². The van der Waals surface area contributed by atoms with E-state index in [1.54, 1.807) is 0 Å². The number of alkyl halides is 45. The predicted octanol–water partition coefficient (Wildman–Crippen LogP) is 29.0. The molecule has 0 spiro atoms. The molecule has 0 aromatic rings. The lowest BCUT2D eigenvalue weighted by Crippen LogP contribution is -1.55. The zero-order valence-corrected chi connectivity index (χ0v) is 62.6. The number of rotatable bonds is 0. The van der Waals surface area contributed by atoms with E-state index in [2.05, 4.69) is 0 Å². The van der Waals surface area contributed by atoms with Crippen LogP contribution in [0.15, 0.2) is 0 Å². The SMILES string of the molecule is CO.CO.ClC(Cl)Cl.ClC(Cl)Cl.ClC(Cl)Cl.ClC(Cl)Cl.ClC(Cl)Cl.ClC(Cl)Cl.ClC(Cl)Cl.ClC(Cl)Cl.ClC(Cl)Cl.ClC(Cl)Cl.ClC(Cl)Cl.ClC(Cl)Cl.ClC(Cl)Cl.ClC(Cl)Cl.ClC(Cl)Cl. The van der Waals surface area contributed by atoms with Crippen LogP contribution in [-0.4, -0.2) is 88.9 Å². The van der Waals surface area contributed by atoms with E-state index in [0.717, 1.165) is 14.2 Å². The highest BCUT2D eigenvalue weighted by molar-refractivity contribution is 6.68. The van der Waals surface area contributed by atoms with Crippen molar-refractivity contribution in [3.8, 4) is 0 Å². The van der Waals surface area contributed by atoms with Crippen LogP contribution in [0.4, 0.5) is 0 Å². The fourth-order valence-electron chi connectivity index (χ4n) is 0. The lowest BCUT2D eigenvalue weighted by Gasteiger charge is -1.69. The highest BCUT2D eigenvalue weighted by Gasteiger charge is 1.84. The summed E-state index contributed by atoms with van der Waals surface area (Å²) in [5.41, 5.74) is 0.